The topological polar surface area (TPSA) is 63.7 Å². The fourth-order valence-corrected chi connectivity index (χ4v) is 4.05. The first-order valence-electron chi connectivity index (χ1n) is 7.47. The van der Waals surface area contributed by atoms with E-state index >= 15 is 0 Å². The quantitative estimate of drug-likeness (QED) is 0.536. The lowest BCUT2D eigenvalue weighted by molar-refractivity contribution is 0.0733. The van der Waals surface area contributed by atoms with Gasteiger partial charge in [-0.05, 0) is 46.3 Å². The van der Waals surface area contributed by atoms with Gasteiger partial charge in [-0.15, -0.1) is 0 Å². The third-order valence-corrected chi connectivity index (χ3v) is 6.15. The molecule has 0 bridgehead atoms. The predicted octanol–water partition coefficient (Wildman–Crippen LogP) is 3.70. The summed E-state index contributed by atoms with van der Waals surface area (Å²) in [5.41, 5.74) is 0.180. The third kappa shape index (κ3) is 4.03. The highest BCUT2D eigenvalue weighted by atomic mass is 79.9. The molecule has 0 aliphatic carbocycles. The minimum Gasteiger partial charge on any atom is -0.422 e. The van der Waals surface area contributed by atoms with Crippen LogP contribution in [0.4, 0.5) is 0 Å². The Hall–Kier alpha value is -1.70. The maximum atomic E-state index is 12.5. The van der Waals surface area contributed by atoms with Crippen LogP contribution in [0, 0.1) is 0 Å². The molecule has 5 nitrogen and oxygen atoms in total. The largest absolute Gasteiger partial charge is 0.422 e. The lowest BCUT2D eigenvalue weighted by atomic mass is 10.2. The second kappa shape index (κ2) is 7.92. The van der Waals surface area contributed by atoms with Crippen LogP contribution in [0.3, 0.4) is 0 Å². The van der Waals surface area contributed by atoms with E-state index in [1.54, 1.807) is 38.1 Å². The number of benzene rings is 2. The van der Waals surface area contributed by atoms with E-state index in [9.17, 15) is 13.2 Å². The molecule has 0 aromatic heterocycles. The number of carbonyl (C=O) groups is 1. The average molecular weight is 412 g/mol. The summed E-state index contributed by atoms with van der Waals surface area (Å²) >= 11 is 3.30. The molecule has 0 aliphatic heterocycles. The van der Waals surface area contributed by atoms with E-state index in [0.717, 1.165) is 0 Å². The molecule has 2 aromatic carbocycles. The van der Waals surface area contributed by atoms with Crippen LogP contribution in [0.5, 0.6) is 5.75 Å². The van der Waals surface area contributed by atoms with Crippen molar-refractivity contribution in [2.45, 2.75) is 18.7 Å². The van der Waals surface area contributed by atoms with Crippen molar-refractivity contribution in [3.05, 3.63) is 58.6 Å². The number of hydrogen-bond donors (Lipinski definition) is 0. The molecule has 0 saturated heterocycles. The SMILES string of the molecule is CCN(CC)S(=O)(=O)c1cccc(C(=O)Oc2ccccc2Br)c1. The van der Waals surface area contributed by atoms with Crippen LogP contribution in [-0.4, -0.2) is 31.8 Å². The van der Waals surface area contributed by atoms with Gasteiger partial charge in [0.1, 0.15) is 5.75 Å². The van der Waals surface area contributed by atoms with Gasteiger partial charge < -0.3 is 4.74 Å². The second-order valence-corrected chi connectivity index (χ2v) is 7.73. The van der Waals surface area contributed by atoms with E-state index in [-0.39, 0.29) is 10.5 Å². The Labute approximate surface area is 150 Å². The Morgan fingerprint density at radius 2 is 1.75 bits per heavy atom. The summed E-state index contributed by atoms with van der Waals surface area (Å²) < 4.78 is 32.4. The highest BCUT2D eigenvalue weighted by Gasteiger charge is 2.23. The Morgan fingerprint density at radius 1 is 1.08 bits per heavy atom. The van der Waals surface area contributed by atoms with E-state index in [0.29, 0.717) is 23.3 Å². The Balaban J connectivity index is 2.30. The van der Waals surface area contributed by atoms with Gasteiger partial charge in [-0.3, -0.25) is 0 Å². The zero-order valence-electron chi connectivity index (χ0n) is 13.4. The van der Waals surface area contributed by atoms with Crippen molar-refractivity contribution in [2.75, 3.05) is 13.1 Å². The van der Waals surface area contributed by atoms with Gasteiger partial charge in [0.05, 0.1) is 14.9 Å². The number of para-hydroxylation sites is 1. The lowest BCUT2D eigenvalue weighted by Crippen LogP contribution is -2.30. The number of sulfonamides is 1. The summed E-state index contributed by atoms with van der Waals surface area (Å²) in [7, 11) is -3.62. The number of halogens is 1. The maximum absolute atomic E-state index is 12.5. The minimum atomic E-state index is -3.62. The minimum absolute atomic E-state index is 0.0766. The lowest BCUT2D eigenvalue weighted by Gasteiger charge is -2.18. The third-order valence-electron chi connectivity index (χ3n) is 3.45. The van der Waals surface area contributed by atoms with Crippen molar-refractivity contribution < 1.29 is 17.9 Å². The van der Waals surface area contributed by atoms with Gasteiger partial charge in [-0.25, -0.2) is 13.2 Å². The first-order chi connectivity index (χ1) is 11.4. The highest BCUT2D eigenvalue weighted by Crippen LogP contribution is 2.25. The summed E-state index contributed by atoms with van der Waals surface area (Å²) in [5.74, 6) is -0.238. The Morgan fingerprint density at radius 3 is 2.38 bits per heavy atom. The molecule has 7 heteroatoms. The monoisotopic (exact) mass is 411 g/mol. The molecule has 0 atom stereocenters. The van der Waals surface area contributed by atoms with Crippen molar-refractivity contribution in [2.24, 2.45) is 0 Å². The average Bonchev–Trinajstić information content (AvgIpc) is 2.58. The number of hydrogen-bond acceptors (Lipinski definition) is 4. The second-order valence-electron chi connectivity index (χ2n) is 4.94. The smallest absolute Gasteiger partial charge is 0.343 e. The van der Waals surface area contributed by atoms with E-state index in [4.69, 9.17) is 4.74 Å². The maximum Gasteiger partial charge on any atom is 0.343 e. The first kappa shape index (κ1) is 18.6. The van der Waals surface area contributed by atoms with Crippen LogP contribution in [0.1, 0.15) is 24.2 Å². The standard InChI is InChI=1S/C17H18BrNO4S/c1-3-19(4-2)24(21,22)14-9-7-8-13(12-14)17(20)23-16-11-6-5-10-15(16)18/h5-12H,3-4H2,1-2H3. The Bertz CT molecular complexity index is 832. The fourth-order valence-electron chi connectivity index (χ4n) is 2.18. The first-order valence-corrected chi connectivity index (χ1v) is 9.70. The van der Waals surface area contributed by atoms with Crippen molar-refractivity contribution in [1.29, 1.82) is 0 Å². The molecule has 0 radical (unpaired) electrons. The van der Waals surface area contributed by atoms with Crippen molar-refractivity contribution in [3.63, 3.8) is 0 Å². The van der Waals surface area contributed by atoms with Gasteiger partial charge in [-0.1, -0.05) is 32.0 Å². The van der Waals surface area contributed by atoms with Gasteiger partial charge in [0, 0.05) is 13.1 Å². The zero-order chi connectivity index (χ0) is 17.7. The van der Waals surface area contributed by atoms with E-state index in [1.165, 1.54) is 28.6 Å². The molecule has 0 aliphatic rings. The molecule has 0 fully saturated rings. The molecule has 2 aromatic rings. The number of carbonyl (C=O) groups excluding carboxylic acids is 1. The van der Waals surface area contributed by atoms with Crippen molar-refractivity contribution in [3.8, 4) is 5.75 Å². The Kier molecular flexibility index (Phi) is 6.15. The molecular formula is C17H18BrNO4S. The van der Waals surface area contributed by atoms with Crippen LogP contribution in [0.15, 0.2) is 57.9 Å². The van der Waals surface area contributed by atoms with Crippen LogP contribution in [0.25, 0.3) is 0 Å². The van der Waals surface area contributed by atoms with Gasteiger partial charge in [0.15, 0.2) is 0 Å². The van der Waals surface area contributed by atoms with Gasteiger partial charge in [0.25, 0.3) is 0 Å². The molecular weight excluding hydrogens is 394 g/mol. The molecule has 0 N–H and O–H groups in total. The molecule has 0 saturated carbocycles. The van der Waals surface area contributed by atoms with Gasteiger partial charge in [0.2, 0.25) is 10.0 Å². The van der Waals surface area contributed by atoms with Crippen molar-refractivity contribution >= 4 is 31.9 Å². The number of nitrogens with zero attached hydrogens (tertiary/aromatic N) is 1. The summed E-state index contributed by atoms with van der Waals surface area (Å²) in [6.45, 7) is 4.27. The number of esters is 1. The van der Waals surface area contributed by atoms with Crippen LogP contribution >= 0.6 is 15.9 Å². The predicted molar refractivity (Wildman–Crippen MR) is 95.6 cm³/mol. The van der Waals surface area contributed by atoms with Gasteiger partial charge in [-0.2, -0.15) is 4.31 Å². The van der Waals surface area contributed by atoms with E-state index < -0.39 is 16.0 Å². The van der Waals surface area contributed by atoms with Gasteiger partial charge >= 0.3 is 5.97 Å². The zero-order valence-corrected chi connectivity index (χ0v) is 15.8. The fraction of sp³-hybridized carbons (Fsp3) is 0.235. The molecule has 0 spiro atoms. The molecule has 2 rings (SSSR count). The van der Waals surface area contributed by atoms with Crippen LogP contribution < -0.4 is 4.74 Å². The highest BCUT2D eigenvalue weighted by molar-refractivity contribution is 9.10. The molecule has 128 valence electrons. The molecule has 0 amide bonds. The molecule has 24 heavy (non-hydrogen) atoms. The van der Waals surface area contributed by atoms with Crippen LogP contribution in [0.2, 0.25) is 0 Å². The van der Waals surface area contributed by atoms with Crippen molar-refractivity contribution in [1.82, 2.24) is 4.31 Å². The van der Waals surface area contributed by atoms with E-state index in [2.05, 4.69) is 15.9 Å². The number of rotatable bonds is 6. The normalized spacial score (nSPS) is 11.5. The molecule has 0 unspecified atom stereocenters. The molecule has 0 heterocycles. The summed E-state index contributed by atoms with van der Waals surface area (Å²) in [4.78, 5) is 12.4. The van der Waals surface area contributed by atoms with Crippen LogP contribution in [-0.2, 0) is 10.0 Å². The van der Waals surface area contributed by atoms with E-state index in [1.807, 2.05) is 0 Å². The summed E-state index contributed by atoms with van der Waals surface area (Å²) in [6.07, 6.45) is 0. The summed E-state index contributed by atoms with van der Waals surface area (Å²) in [5, 5.41) is 0. The number of ether oxygens (including phenoxy) is 1. The summed E-state index contributed by atoms with van der Waals surface area (Å²) in [6, 6.07) is 12.8.